The van der Waals surface area contributed by atoms with Crippen molar-refractivity contribution >= 4 is 23.3 Å². The van der Waals surface area contributed by atoms with Gasteiger partial charge in [0.2, 0.25) is 5.91 Å². The molecule has 270 valence electrons. The van der Waals surface area contributed by atoms with Gasteiger partial charge < -0.3 is 14.5 Å². The molecule has 0 radical (unpaired) electrons. The highest BCUT2D eigenvalue weighted by atomic mass is 19.3. The molecule has 0 bridgehead atoms. The van der Waals surface area contributed by atoms with Crippen LogP contribution in [-0.2, 0) is 33.2 Å². The van der Waals surface area contributed by atoms with Crippen LogP contribution in [0.25, 0.3) is 11.1 Å². The third kappa shape index (κ3) is 10.8. The number of carbonyl (C=O) groups excluding carboxylic acids is 3. The van der Waals surface area contributed by atoms with E-state index in [1.54, 1.807) is 76.2 Å². The third-order valence-electron chi connectivity index (χ3n) is 8.68. The second kappa shape index (κ2) is 16.4. The number of hydrogen-bond donors (Lipinski definition) is 0. The van der Waals surface area contributed by atoms with E-state index in [0.29, 0.717) is 35.2 Å². The van der Waals surface area contributed by atoms with Crippen molar-refractivity contribution in [2.75, 3.05) is 18.0 Å². The Morgan fingerprint density at radius 1 is 0.804 bits per heavy atom. The van der Waals surface area contributed by atoms with Crippen molar-refractivity contribution < 1.29 is 32.3 Å². The monoisotopic (exact) mass is 700 g/mol. The Bertz CT molecular complexity index is 1830. The lowest BCUT2D eigenvalue weighted by Gasteiger charge is -2.34. The van der Waals surface area contributed by atoms with Crippen LogP contribution in [0.2, 0.25) is 0 Å². The van der Waals surface area contributed by atoms with E-state index in [2.05, 4.69) is 0 Å². The zero-order valence-electron chi connectivity index (χ0n) is 30.4. The van der Waals surface area contributed by atoms with Crippen LogP contribution in [0.4, 0.5) is 18.9 Å². The number of hydrogen-bond acceptors (Lipinski definition) is 5. The molecule has 0 fully saturated rings. The molecule has 4 aromatic rings. The van der Waals surface area contributed by atoms with Gasteiger partial charge in [0.15, 0.2) is 5.78 Å². The number of carbonyl (C=O) groups is 3. The number of esters is 1. The first-order valence-corrected chi connectivity index (χ1v) is 17.1. The zero-order chi connectivity index (χ0) is 37.5. The van der Waals surface area contributed by atoms with Gasteiger partial charge in [0.05, 0.1) is 6.54 Å². The maximum atomic E-state index is 14.9. The highest BCUT2D eigenvalue weighted by Gasteiger charge is 2.28. The average molecular weight is 701 g/mol. The third-order valence-corrected chi connectivity index (χ3v) is 8.68. The topological polar surface area (TPSA) is 66.9 Å². The van der Waals surface area contributed by atoms with Crippen LogP contribution in [0.5, 0.6) is 0 Å². The summed E-state index contributed by atoms with van der Waals surface area (Å²) in [5, 5.41) is 0. The van der Waals surface area contributed by atoms with Crippen molar-refractivity contribution in [1.29, 1.82) is 0 Å². The first-order chi connectivity index (χ1) is 23.9. The van der Waals surface area contributed by atoms with Crippen molar-refractivity contribution in [3.05, 3.63) is 125 Å². The Balaban J connectivity index is 1.62. The molecule has 0 aliphatic heterocycles. The molecular weight excluding hydrogens is 653 g/mol. The number of nitrogens with zero attached hydrogens (tertiary/aromatic N) is 2. The molecule has 0 saturated heterocycles. The van der Waals surface area contributed by atoms with E-state index >= 15 is 0 Å². The SMILES string of the molecule is CC(=O)c1ccccc1N(CC(=O)N(CC(=O)OC(C)(C)C)Cc1ccc(-c2ccc(C(C)(F)F)cc2)cc1)C(C)CCc1cccc(C)c1F. The van der Waals surface area contributed by atoms with Crippen LogP contribution in [0.1, 0.15) is 80.6 Å². The molecule has 4 rings (SSSR count). The molecule has 0 aliphatic carbocycles. The number of aryl methyl sites for hydroxylation is 2. The lowest BCUT2D eigenvalue weighted by Crippen LogP contribution is -2.46. The van der Waals surface area contributed by atoms with Crippen molar-refractivity contribution in [3.8, 4) is 11.1 Å². The summed E-state index contributed by atoms with van der Waals surface area (Å²) < 4.78 is 47.9. The van der Waals surface area contributed by atoms with E-state index < -0.39 is 17.5 Å². The van der Waals surface area contributed by atoms with Gasteiger partial charge in [-0.25, -0.2) is 13.2 Å². The number of rotatable bonds is 14. The number of benzene rings is 4. The highest BCUT2D eigenvalue weighted by Crippen LogP contribution is 2.30. The molecule has 51 heavy (non-hydrogen) atoms. The van der Waals surface area contributed by atoms with Gasteiger partial charge in [-0.1, -0.05) is 78.9 Å². The highest BCUT2D eigenvalue weighted by molar-refractivity contribution is 6.00. The summed E-state index contributed by atoms with van der Waals surface area (Å²) in [6.45, 7) is 10.9. The number of amides is 1. The quantitative estimate of drug-likeness (QED) is 0.0969. The van der Waals surface area contributed by atoms with Crippen LogP contribution in [0, 0.1) is 12.7 Å². The Morgan fingerprint density at radius 3 is 2.00 bits per heavy atom. The minimum atomic E-state index is -2.94. The molecule has 1 atom stereocenters. The number of Topliss-reactive ketones (excluding diaryl/α,β-unsaturated/α-hetero) is 1. The number of para-hydroxylation sites is 1. The van der Waals surface area contributed by atoms with Crippen LogP contribution in [-0.4, -0.2) is 47.3 Å². The molecule has 4 aromatic carbocycles. The fourth-order valence-corrected chi connectivity index (χ4v) is 5.91. The molecule has 1 unspecified atom stereocenters. The van der Waals surface area contributed by atoms with Crippen molar-refractivity contribution in [3.63, 3.8) is 0 Å². The standard InChI is InChI=1S/C42H47F3N2O4/c1-28-11-10-12-34(40(28)43)18-15-29(2)47(37-14-9-8-13-36(37)30(3)48)26-38(49)46(27-39(50)51-41(4,5)6)25-31-16-19-32(20-17-31)33-21-23-35(24-22-33)42(7,44)45/h8-14,16-17,19-24,29H,15,18,25-27H2,1-7H3. The van der Waals surface area contributed by atoms with Crippen LogP contribution < -0.4 is 4.90 Å². The number of ether oxygens (including phenoxy) is 1. The van der Waals surface area contributed by atoms with Crippen LogP contribution in [0.3, 0.4) is 0 Å². The van der Waals surface area contributed by atoms with Gasteiger partial charge in [0.1, 0.15) is 18.0 Å². The number of alkyl halides is 2. The number of halogens is 3. The lowest BCUT2D eigenvalue weighted by atomic mass is 10.0. The van der Waals surface area contributed by atoms with Gasteiger partial charge in [-0.05, 0) is 94.3 Å². The summed E-state index contributed by atoms with van der Waals surface area (Å²) in [7, 11) is 0. The number of anilines is 1. The summed E-state index contributed by atoms with van der Waals surface area (Å²) in [5.41, 5.74) is 3.61. The lowest BCUT2D eigenvalue weighted by molar-refractivity contribution is -0.159. The van der Waals surface area contributed by atoms with Gasteiger partial charge >= 0.3 is 5.97 Å². The smallest absolute Gasteiger partial charge is 0.326 e. The van der Waals surface area contributed by atoms with Gasteiger partial charge in [-0.2, -0.15) is 0 Å². The maximum Gasteiger partial charge on any atom is 0.326 e. The summed E-state index contributed by atoms with van der Waals surface area (Å²) in [4.78, 5) is 43.3. The normalized spacial score (nSPS) is 12.3. The van der Waals surface area contributed by atoms with Gasteiger partial charge in [0, 0.05) is 36.3 Å². The second-order valence-corrected chi connectivity index (χ2v) is 14.1. The minimum absolute atomic E-state index is 0.0733. The fraction of sp³-hybridized carbons (Fsp3) is 0.357. The summed E-state index contributed by atoms with van der Waals surface area (Å²) in [6, 6.07) is 25.5. The van der Waals surface area contributed by atoms with Gasteiger partial charge in [-0.15, -0.1) is 0 Å². The van der Waals surface area contributed by atoms with E-state index in [-0.39, 0.29) is 48.7 Å². The summed E-state index contributed by atoms with van der Waals surface area (Å²) in [6.07, 6.45) is 0.906. The first-order valence-electron chi connectivity index (χ1n) is 17.1. The Hall–Kier alpha value is -4.92. The second-order valence-electron chi connectivity index (χ2n) is 14.1. The molecule has 1 amide bonds. The van der Waals surface area contributed by atoms with Crippen LogP contribution in [0.15, 0.2) is 91.0 Å². The molecule has 0 aliphatic rings. The first kappa shape index (κ1) is 38.9. The molecular formula is C42H47F3N2O4. The Labute approximate surface area is 299 Å². The van der Waals surface area contributed by atoms with E-state index in [9.17, 15) is 27.6 Å². The van der Waals surface area contributed by atoms with E-state index in [1.165, 1.54) is 24.0 Å². The van der Waals surface area contributed by atoms with Crippen LogP contribution >= 0.6 is 0 Å². The summed E-state index contributed by atoms with van der Waals surface area (Å²) >= 11 is 0. The average Bonchev–Trinajstić information content (AvgIpc) is 3.06. The fourth-order valence-electron chi connectivity index (χ4n) is 5.91. The largest absolute Gasteiger partial charge is 0.459 e. The van der Waals surface area contributed by atoms with Gasteiger partial charge in [-0.3, -0.25) is 14.4 Å². The summed E-state index contributed by atoms with van der Waals surface area (Å²) in [5.74, 6) is -4.30. The predicted octanol–water partition coefficient (Wildman–Crippen LogP) is 9.31. The van der Waals surface area contributed by atoms with Crippen molar-refractivity contribution in [1.82, 2.24) is 4.90 Å². The Kier molecular flexibility index (Phi) is 12.5. The van der Waals surface area contributed by atoms with Gasteiger partial charge in [0.25, 0.3) is 5.92 Å². The molecule has 9 heteroatoms. The van der Waals surface area contributed by atoms with E-state index in [4.69, 9.17) is 4.74 Å². The molecule has 0 heterocycles. The molecule has 0 N–H and O–H groups in total. The zero-order valence-corrected chi connectivity index (χ0v) is 30.4. The Morgan fingerprint density at radius 2 is 1.41 bits per heavy atom. The molecule has 0 aromatic heterocycles. The van der Waals surface area contributed by atoms with Crippen molar-refractivity contribution in [2.24, 2.45) is 0 Å². The van der Waals surface area contributed by atoms with E-state index in [1.807, 2.05) is 42.2 Å². The maximum absolute atomic E-state index is 14.9. The molecule has 0 saturated carbocycles. The van der Waals surface area contributed by atoms with E-state index in [0.717, 1.165) is 23.6 Å². The number of ketones is 1. The minimum Gasteiger partial charge on any atom is -0.459 e. The molecule has 6 nitrogen and oxygen atoms in total. The van der Waals surface area contributed by atoms with Crippen molar-refractivity contribution in [2.45, 2.75) is 85.4 Å². The predicted molar refractivity (Wildman–Crippen MR) is 195 cm³/mol. The molecule has 0 spiro atoms.